The molecule has 0 amide bonds. The van der Waals surface area contributed by atoms with Crippen LogP contribution in [-0.2, 0) is 0 Å². The van der Waals surface area contributed by atoms with Crippen LogP contribution >= 0.6 is 0 Å². The lowest BCUT2D eigenvalue weighted by atomic mass is 10.00. The molecule has 2 aromatic rings. The first-order chi connectivity index (χ1) is 15.8. The highest BCUT2D eigenvalue weighted by molar-refractivity contribution is 5.88. The number of benzene rings is 2. The van der Waals surface area contributed by atoms with E-state index in [-0.39, 0.29) is 0 Å². The number of carbonyl (C=O) groups is 1. The molecule has 0 bridgehead atoms. The number of nitrogens with zero attached hydrogens (tertiary/aromatic N) is 2. The molecular weight excluding hydrogens is 398 g/mol. The summed E-state index contributed by atoms with van der Waals surface area (Å²) in [6.07, 6.45) is 8.86. The number of piperidine rings is 2. The molecule has 4 rings (SSSR count). The lowest BCUT2D eigenvalue weighted by Crippen LogP contribution is -2.34. The highest BCUT2D eigenvalue weighted by Crippen LogP contribution is 2.32. The molecule has 0 aliphatic carbocycles. The van der Waals surface area contributed by atoms with Crippen molar-refractivity contribution in [3.63, 3.8) is 0 Å². The monoisotopic (exact) mass is 435 g/mol. The van der Waals surface area contributed by atoms with E-state index in [0.29, 0.717) is 12.2 Å². The maximum absolute atomic E-state index is 11.5. The van der Waals surface area contributed by atoms with Gasteiger partial charge >= 0.3 is 0 Å². The quantitative estimate of drug-likeness (QED) is 0.536. The predicted octanol–water partition coefficient (Wildman–Crippen LogP) is 4.93. The second-order valence-corrected chi connectivity index (χ2v) is 9.00. The molecule has 0 spiro atoms. The first kappa shape index (κ1) is 22.8. The van der Waals surface area contributed by atoms with E-state index < -0.39 is 0 Å². The van der Waals surface area contributed by atoms with Gasteiger partial charge in [0, 0.05) is 25.2 Å². The van der Waals surface area contributed by atoms with Crippen LogP contribution in [0.2, 0.25) is 0 Å². The van der Waals surface area contributed by atoms with E-state index in [1.807, 2.05) is 24.3 Å². The van der Waals surface area contributed by atoms with Gasteiger partial charge in [0.15, 0.2) is 6.29 Å². The number of hydrogen-bond acceptors (Lipinski definition) is 5. The summed E-state index contributed by atoms with van der Waals surface area (Å²) in [6.45, 7) is 8.39. The summed E-state index contributed by atoms with van der Waals surface area (Å²) in [5.41, 5.74) is 3.70. The van der Waals surface area contributed by atoms with Gasteiger partial charge in [0.05, 0.1) is 5.69 Å². The fourth-order valence-electron chi connectivity index (χ4n) is 4.82. The summed E-state index contributed by atoms with van der Waals surface area (Å²) in [7, 11) is 0. The van der Waals surface area contributed by atoms with Crippen LogP contribution in [0, 0.1) is 0 Å². The summed E-state index contributed by atoms with van der Waals surface area (Å²) in [6, 6.07) is 14.0. The molecule has 2 saturated heterocycles. The molecule has 2 heterocycles. The Morgan fingerprint density at radius 2 is 1.53 bits per heavy atom. The number of likely N-dealkylation sites (tertiary alicyclic amines) is 2. The Labute approximate surface area is 192 Å². The molecule has 5 nitrogen and oxygen atoms in total. The Morgan fingerprint density at radius 3 is 2.25 bits per heavy atom. The minimum Gasteiger partial charge on any atom is -0.490 e. The molecule has 172 valence electrons. The Balaban J connectivity index is 1.45. The molecule has 0 unspecified atom stereocenters. The van der Waals surface area contributed by atoms with Crippen molar-refractivity contribution >= 4 is 12.0 Å². The fourth-order valence-corrected chi connectivity index (χ4v) is 4.82. The second-order valence-electron chi connectivity index (χ2n) is 9.00. The van der Waals surface area contributed by atoms with Gasteiger partial charge in [-0.1, -0.05) is 43.2 Å². The zero-order valence-electron chi connectivity index (χ0n) is 19.2. The van der Waals surface area contributed by atoms with Crippen molar-refractivity contribution in [1.29, 1.82) is 0 Å². The SMILES string of the molecule is O=Cc1ccccc1-c1ccc(NCCN2CCCCC2)c(OCCN2CCCCC2)c1. The third kappa shape index (κ3) is 6.33. The van der Waals surface area contributed by atoms with Gasteiger partial charge in [0.1, 0.15) is 12.4 Å². The van der Waals surface area contributed by atoms with Crippen LogP contribution in [0.5, 0.6) is 5.75 Å². The molecule has 2 fully saturated rings. The molecular formula is C27H37N3O2. The summed E-state index contributed by atoms with van der Waals surface area (Å²) in [5, 5.41) is 3.61. The van der Waals surface area contributed by atoms with Gasteiger partial charge in [0.25, 0.3) is 0 Å². The third-order valence-corrected chi connectivity index (χ3v) is 6.69. The van der Waals surface area contributed by atoms with Crippen LogP contribution < -0.4 is 10.1 Å². The number of ether oxygens (including phenoxy) is 1. The van der Waals surface area contributed by atoms with Gasteiger partial charge in [-0.05, 0) is 75.1 Å². The number of hydrogen-bond donors (Lipinski definition) is 1. The standard InChI is InChI=1S/C27H37N3O2/c31-22-24-9-3-4-10-25(24)23-11-12-26(28-13-18-29-14-5-1-6-15-29)27(21-23)32-20-19-30-16-7-2-8-17-30/h3-4,9-12,21-22,28H,1-2,5-8,13-20H2. The number of carbonyl (C=O) groups excluding carboxylic acids is 1. The van der Waals surface area contributed by atoms with Gasteiger partial charge in [-0.15, -0.1) is 0 Å². The van der Waals surface area contributed by atoms with Crippen LogP contribution in [0.1, 0.15) is 48.9 Å². The summed E-state index contributed by atoms with van der Waals surface area (Å²) in [5.74, 6) is 0.874. The summed E-state index contributed by atoms with van der Waals surface area (Å²) >= 11 is 0. The highest BCUT2D eigenvalue weighted by Gasteiger charge is 2.14. The van der Waals surface area contributed by atoms with Crippen molar-refractivity contribution in [2.75, 3.05) is 57.7 Å². The van der Waals surface area contributed by atoms with Gasteiger partial charge in [-0.2, -0.15) is 0 Å². The van der Waals surface area contributed by atoms with E-state index in [0.717, 1.165) is 48.5 Å². The van der Waals surface area contributed by atoms with Crippen molar-refractivity contribution < 1.29 is 9.53 Å². The molecule has 0 radical (unpaired) electrons. The Bertz CT molecular complexity index is 858. The average Bonchev–Trinajstić information content (AvgIpc) is 2.86. The Hall–Kier alpha value is -2.37. The number of nitrogens with one attached hydrogen (secondary N) is 1. The van der Waals surface area contributed by atoms with Gasteiger partial charge in [-0.3, -0.25) is 9.69 Å². The maximum Gasteiger partial charge on any atom is 0.150 e. The van der Waals surface area contributed by atoms with Crippen LogP contribution in [0.25, 0.3) is 11.1 Å². The Kier molecular flexibility index (Phi) is 8.57. The topological polar surface area (TPSA) is 44.8 Å². The maximum atomic E-state index is 11.5. The molecule has 2 aromatic carbocycles. The number of aldehydes is 1. The van der Waals surface area contributed by atoms with Gasteiger partial charge < -0.3 is 15.0 Å². The molecule has 0 saturated carbocycles. The lowest BCUT2D eigenvalue weighted by Gasteiger charge is -2.27. The van der Waals surface area contributed by atoms with Crippen molar-refractivity contribution in [2.45, 2.75) is 38.5 Å². The van der Waals surface area contributed by atoms with Crippen molar-refractivity contribution in [3.8, 4) is 16.9 Å². The Morgan fingerprint density at radius 1 is 0.844 bits per heavy atom. The van der Waals surface area contributed by atoms with E-state index >= 15 is 0 Å². The predicted molar refractivity (Wildman–Crippen MR) is 132 cm³/mol. The molecule has 32 heavy (non-hydrogen) atoms. The summed E-state index contributed by atoms with van der Waals surface area (Å²) in [4.78, 5) is 16.6. The number of anilines is 1. The number of rotatable bonds is 10. The van der Waals surface area contributed by atoms with Crippen LogP contribution in [-0.4, -0.2) is 68.5 Å². The zero-order chi connectivity index (χ0) is 22.0. The van der Waals surface area contributed by atoms with Crippen molar-refractivity contribution in [1.82, 2.24) is 9.80 Å². The molecule has 5 heteroatoms. The molecule has 2 aliphatic heterocycles. The van der Waals surface area contributed by atoms with E-state index in [1.165, 1.54) is 64.7 Å². The van der Waals surface area contributed by atoms with Crippen LogP contribution in [0.3, 0.4) is 0 Å². The largest absolute Gasteiger partial charge is 0.490 e. The molecule has 0 atom stereocenters. The van der Waals surface area contributed by atoms with Crippen LogP contribution in [0.15, 0.2) is 42.5 Å². The van der Waals surface area contributed by atoms with E-state index in [1.54, 1.807) is 0 Å². The van der Waals surface area contributed by atoms with Crippen molar-refractivity contribution in [3.05, 3.63) is 48.0 Å². The van der Waals surface area contributed by atoms with Gasteiger partial charge in [0.2, 0.25) is 0 Å². The van der Waals surface area contributed by atoms with Crippen LogP contribution in [0.4, 0.5) is 5.69 Å². The first-order valence-corrected chi connectivity index (χ1v) is 12.3. The highest BCUT2D eigenvalue weighted by atomic mass is 16.5. The normalized spacial score (nSPS) is 17.8. The minimum atomic E-state index is 0.680. The summed E-state index contributed by atoms with van der Waals surface area (Å²) < 4.78 is 6.31. The van der Waals surface area contributed by atoms with E-state index in [2.05, 4.69) is 33.3 Å². The smallest absolute Gasteiger partial charge is 0.150 e. The van der Waals surface area contributed by atoms with E-state index in [4.69, 9.17) is 4.74 Å². The zero-order valence-corrected chi connectivity index (χ0v) is 19.2. The minimum absolute atomic E-state index is 0.680. The fraction of sp³-hybridized carbons (Fsp3) is 0.519. The second kappa shape index (κ2) is 12.0. The molecule has 1 N–H and O–H groups in total. The van der Waals surface area contributed by atoms with Crippen molar-refractivity contribution in [2.24, 2.45) is 0 Å². The molecule has 2 aliphatic rings. The lowest BCUT2D eigenvalue weighted by molar-refractivity contribution is 0.112. The van der Waals surface area contributed by atoms with E-state index in [9.17, 15) is 4.79 Å². The molecule has 0 aromatic heterocycles. The third-order valence-electron chi connectivity index (χ3n) is 6.69. The average molecular weight is 436 g/mol. The van der Waals surface area contributed by atoms with Gasteiger partial charge in [-0.25, -0.2) is 0 Å². The first-order valence-electron chi connectivity index (χ1n) is 12.3.